The van der Waals surface area contributed by atoms with Crippen molar-refractivity contribution in [2.45, 2.75) is 13.5 Å². The topological polar surface area (TPSA) is 43.1 Å². The highest BCUT2D eigenvalue weighted by atomic mass is 16.5. The second kappa shape index (κ2) is 6.83. The van der Waals surface area contributed by atoms with E-state index in [9.17, 15) is 4.79 Å². The van der Waals surface area contributed by atoms with E-state index in [2.05, 4.69) is 4.98 Å². The number of carbonyl (C=O) groups is 1. The maximum atomic E-state index is 12.2. The van der Waals surface area contributed by atoms with Gasteiger partial charge in [-0.05, 0) is 19.1 Å². The molecule has 114 valence electrons. The van der Waals surface area contributed by atoms with E-state index >= 15 is 0 Å². The third-order valence-corrected chi connectivity index (χ3v) is 3.41. The van der Waals surface area contributed by atoms with Crippen LogP contribution in [0.5, 0.6) is 5.75 Å². The molecule has 2 aromatic carbocycles. The summed E-state index contributed by atoms with van der Waals surface area (Å²) in [6, 6.07) is 17.4. The number of nitrogens with zero attached hydrogens (tertiary/aromatic N) is 2. The van der Waals surface area contributed by atoms with Gasteiger partial charge in [0.1, 0.15) is 5.75 Å². The molecule has 0 fully saturated rings. The fraction of sp³-hybridized carbons (Fsp3) is 0.105. The fourth-order valence-electron chi connectivity index (χ4n) is 2.20. The SMILES string of the molecule is Cc1ccc(OC(=O)c2c[n+](Cc3ccccc3)ccn2)cc1. The Bertz CT molecular complexity index is 799. The van der Waals surface area contributed by atoms with Gasteiger partial charge in [-0.1, -0.05) is 48.0 Å². The van der Waals surface area contributed by atoms with E-state index < -0.39 is 5.97 Å². The second-order valence-corrected chi connectivity index (χ2v) is 5.30. The molecule has 0 saturated carbocycles. The summed E-state index contributed by atoms with van der Waals surface area (Å²) >= 11 is 0. The van der Waals surface area contributed by atoms with Crippen LogP contribution in [0.25, 0.3) is 0 Å². The van der Waals surface area contributed by atoms with Crippen LogP contribution < -0.4 is 9.30 Å². The van der Waals surface area contributed by atoms with E-state index in [-0.39, 0.29) is 5.69 Å². The molecular formula is C19H17N2O2+. The maximum absolute atomic E-state index is 12.2. The zero-order chi connectivity index (χ0) is 16.1. The number of hydrogen-bond donors (Lipinski definition) is 0. The van der Waals surface area contributed by atoms with Crippen LogP contribution in [0, 0.1) is 6.92 Å². The largest absolute Gasteiger partial charge is 0.422 e. The minimum Gasteiger partial charge on any atom is -0.422 e. The van der Waals surface area contributed by atoms with E-state index in [4.69, 9.17) is 4.74 Å². The first-order valence-electron chi connectivity index (χ1n) is 7.38. The van der Waals surface area contributed by atoms with Gasteiger partial charge in [-0.25, -0.2) is 9.78 Å². The molecule has 3 aromatic rings. The molecule has 0 aliphatic carbocycles. The van der Waals surface area contributed by atoms with Gasteiger partial charge in [0.25, 0.3) is 0 Å². The van der Waals surface area contributed by atoms with Crippen LogP contribution in [0.2, 0.25) is 0 Å². The summed E-state index contributed by atoms with van der Waals surface area (Å²) in [5.41, 5.74) is 2.55. The standard InChI is InChI=1S/C19H17N2O2/c1-15-7-9-17(10-8-15)23-19(22)18-14-21(12-11-20-18)13-16-5-3-2-4-6-16/h2-12,14H,13H2,1H3/q+1. The van der Waals surface area contributed by atoms with Gasteiger partial charge in [0.05, 0.1) is 6.20 Å². The third-order valence-electron chi connectivity index (χ3n) is 3.41. The molecule has 0 unspecified atom stereocenters. The summed E-state index contributed by atoms with van der Waals surface area (Å²) in [7, 11) is 0. The molecule has 0 bridgehead atoms. The lowest BCUT2D eigenvalue weighted by Gasteiger charge is -2.03. The highest BCUT2D eigenvalue weighted by Crippen LogP contribution is 2.12. The zero-order valence-electron chi connectivity index (χ0n) is 12.8. The lowest BCUT2D eigenvalue weighted by Crippen LogP contribution is -2.35. The lowest BCUT2D eigenvalue weighted by molar-refractivity contribution is -0.689. The Kier molecular flexibility index (Phi) is 4.43. The van der Waals surface area contributed by atoms with Gasteiger partial charge < -0.3 is 4.74 Å². The van der Waals surface area contributed by atoms with Crippen molar-refractivity contribution in [1.82, 2.24) is 4.98 Å². The summed E-state index contributed by atoms with van der Waals surface area (Å²) in [5, 5.41) is 0. The molecule has 0 radical (unpaired) electrons. The molecule has 23 heavy (non-hydrogen) atoms. The molecular weight excluding hydrogens is 288 g/mol. The molecule has 4 nitrogen and oxygen atoms in total. The quantitative estimate of drug-likeness (QED) is 0.423. The molecule has 0 atom stereocenters. The second-order valence-electron chi connectivity index (χ2n) is 5.30. The summed E-state index contributed by atoms with van der Waals surface area (Å²) in [6.45, 7) is 2.66. The Labute approximate surface area is 135 Å². The van der Waals surface area contributed by atoms with Crippen molar-refractivity contribution in [3.05, 3.63) is 90.0 Å². The molecule has 0 spiro atoms. The number of carbonyl (C=O) groups excluding carboxylic acids is 1. The summed E-state index contributed by atoms with van der Waals surface area (Å²) < 4.78 is 7.26. The summed E-state index contributed by atoms with van der Waals surface area (Å²) in [5.74, 6) is 0.0529. The maximum Gasteiger partial charge on any atom is 0.368 e. The lowest BCUT2D eigenvalue weighted by atomic mass is 10.2. The van der Waals surface area contributed by atoms with Crippen LogP contribution in [-0.2, 0) is 6.54 Å². The van der Waals surface area contributed by atoms with Crippen LogP contribution in [-0.4, -0.2) is 11.0 Å². The van der Waals surface area contributed by atoms with Crippen molar-refractivity contribution >= 4 is 5.97 Å². The van der Waals surface area contributed by atoms with Gasteiger partial charge >= 0.3 is 5.97 Å². The third kappa shape index (κ3) is 4.01. The molecule has 1 heterocycles. The van der Waals surface area contributed by atoms with E-state index in [1.54, 1.807) is 24.5 Å². The average molecular weight is 305 g/mol. The van der Waals surface area contributed by atoms with Crippen LogP contribution in [0.3, 0.4) is 0 Å². The van der Waals surface area contributed by atoms with Gasteiger partial charge in [-0.2, -0.15) is 4.57 Å². The van der Waals surface area contributed by atoms with Crippen molar-refractivity contribution in [3.63, 3.8) is 0 Å². The van der Waals surface area contributed by atoms with Crippen LogP contribution in [0.4, 0.5) is 0 Å². The highest BCUT2D eigenvalue weighted by Gasteiger charge is 2.15. The first-order chi connectivity index (χ1) is 11.2. The fourth-order valence-corrected chi connectivity index (χ4v) is 2.20. The van der Waals surface area contributed by atoms with E-state index in [1.807, 2.05) is 60.2 Å². The van der Waals surface area contributed by atoms with Crippen LogP contribution in [0.15, 0.2) is 73.2 Å². The summed E-state index contributed by atoms with van der Waals surface area (Å²) in [4.78, 5) is 16.3. The van der Waals surface area contributed by atoms with Crippen LogP contribution in [0.1, 0.15) is 21.6 Å². The number of rotatable bonds is 4. The van der Waals surface area contributed by atoms with Gasteiger partial charge in [-0.3, -0.25) is 0 Å². The normalized spacial score (nSPS) is 10.3. The number of hydrogen-bond acceptors (Lipinski definition) is 3. The average Bonchev–Trinajstić information content (AvgIpc) is 2.58. The molecule has 0 N–H and O–H groups in total. The Hall–Kier alpha value is -3.01. The number of aromatic nitrogens is 2. The van der Waals surface area contributed by atoms with Crippen molar-refractivity contribution < 1.29 is 14.1 Å². The Morgan fingerprint density at radius 3 is 2.57 bits per heavy atom. The summed E-state index contributed by atoms with van der Waals surface area (Å²) in [6.07, 6.45) is 5.13. The predicted octanol–water partition coefficient (Wildman–Crippen LogP) is 2.95. The number of esters is 1. The van der Waals surface area contributed by atoms with Gasteiger partial charge in [0.2, 0.25) is 11.9 Å². The number of aryl methyl sites for hydroxylation is 1. The first kappa shape index (κ1) is 14.9. The van der Waals surface area contributed by atoms with Gasteiger partial charge in [0, 0.05) is 5.56 Å². The molecule has 0 saturated heterocycles. The Morgan fingerprint density at radius 1 is 1.09 bits per heavy atom. The first-order valence-corrected chi connectivity index (χ1v) is 7.38. The molecule has 0 amide bonds. The Balaban J connectivity index is 1.73. The minimum absolute atomic E-state index is 0.281. The molecule has 4 heteroatoms. The van der Waals surface area contributed by atoms with Crippen molar-refractivity contribution in [3.8, 4) is 5.75 Å². The molecule has 3 rings (SSSR count). The molecule has 0 aliphatic heterocycles. The van der Waals surface area contributed by atoms with Crippen molar-refractivity contribution in [1.29, 1.82) is 0 Å². The van der Waals surface area contributed by atoms with Crippen LogP contribution >= 0.6 is 0 Å². The molecule has 1 aromatic heterocycles. The van der Waals surface area contributed by atoms with E-state index in [0.717, 1.165) is 11.1 Å². The molecule has 0 aliphatic rings. The van der Waals surface area contributed by atoms with Crippen molar-refractivity contribution in [2.75, 3.05) is 0 Å². The van der Waals surface area contributed by atoms with E-state index in [1.165, 1.54) is 0 Å². The minimum atomic E-state index is -0.462. The monoisotopic (exact) mass is 305 g/mol. The smallest absolute Gasteiger partial charge is 0.368 e. The highest BCUT2D eigenvalue weighted by molar-refractivity contribution is 5.88. The predicted molar refractivity (Wildman–Crippen MR) is 86.1 cm³/mol. The van der Waals surface area contributed by atoms with Crippen molar-refractivity contribution in [2.24, 2.45) is 0 Å². The van der Waals surface area contributed by atoms with Gasteiger partial charge in [-0.15, -0.1) is 0 Å². The number of benzene rings is 2. The van der Waals surface area contributed by atoms with Gasteiger partial charge in [0.15, 0.2) is 12.7 Å². The van der Waals surface area contributed by atoms with E-state index in [0.29, 0.717) is 12.3 Å². The number of ether oxygens (including phenoxy) is 1. The Morgan fingerprint density at radius 2 is 1.83 bits per heavy atom. The zero-order valence-corrected chi connectivity index (χ0v) is 12.8.